The molecule has 1 heterocycles. The minimum atomic E-state index is -4.00. The van der Waals surface area contributed by atoms with Gasteiger partial charge in [0.25, 0.3) is 0 Å². The summed E-state index contributed by atoms with van der Waals surface area (Å²) < 4.78 is 50.9. The van der Waals surface area contributed by atoms with E-state index >= 15 is 0 Å². The molecule has 0 bridgehead atoms. The Kier molecular flexibility index (Phi) is 3.52. The van der Waals surface area contributed by atoms with E-state index in [0.717, 1.165) is 6.07 Å². The lowest BCUT2D eigenvalue weighted by Gasteiger charge is -2.21. The van der Waals surface area contributed by atoms with E-state index in [9.17, 15) is 16.8 Å². The zero-order valence-electron chi connectivity index (χ0n) is 11.8. The second-order valence-corrected chi connectivity index (χ2v) is 9.36. The molecular weight excluding hydrogens is 358 g/mol. The topological polar surface area (TPSA) is 92.1 Å². The van der Waals surface area contributed by atoms with Crippen LogP contribution in [0.15, 0.2) is 56.0 Å². The largest absolute Gasteiger partial charge is 0.218 e. The number of fused-ring (bicyclic) bond motifs is 2. The highest BCUT2D eigenvalue weighted by atomic mass is 35.5. The van der Waals surface area contributed by atoms with Gasteiger partial charge in [0.05, 0.1) is 31.6 Å². The van der Waals surface area contributed by atoms with Gasteiger partial charge in [-0.25, -0.2) is 16.8 Å². The molecule has 1 atom stereocenters. The number of nitriles is 1. The predicted molar refractivity (Wildman–Crippen MR) is 82.8 cm³/mol. The van der Waals surface area contributed by atoms with Crippen LogP contribution in [0.3, 0.4) is 0 Å². The molecule has 2 aromatic carbocycles. The second-order valence-electron chi connectivity index (χ2n) is 5.15. The SMILES string of the molecule is CC(C#N)c1ccc2c(c1)S(=O)(=O)c1ccc(Cl)cc1S2(=O)=O. The Balaban J connectivity index is 2.42. The number of rotatable bonds is 1. The molecule has 0 N–H and O–H groups in total. The number of sulfone groups is 2. The normalized spacial score (nSPS) is 18.3. The predicted octanol–water partition coefficient (Wildman–Crippen LogP) is 2.95. The molecule has 0 saturated carbocycles. The van der Waals surface area contributed by atoms with Crippen molar-refractivity contribution in [2.75, 3.05) is 0 Å². The lowest BCUT2D eigenvalue weighted by Crippen LogP contribution is -2.20. The zero-order valence-corrected chi connectivity index (χ0v) is 14.2. The van der Waals surface area contributed by atoms with Crippen molar-refractivity contribution in [2.24, 2.45) is 0 Å². The van der Waals surface area contributed by atoms with Crippen molar-refractivity contribution in [1.29, 1.82) is 5.26 Å². The lowest BCUT2D eigenvalue weighted by molar-refractivity contribution is 0.569. The molecule has 118 valence electrons. The number of nitrogens with zero attached hydrogens (tertiary/aromatic N) is 1. The highest BCUT2D eigenvalue weighted by molar-refractivity contribution is 7.97. The first-order valence-corrected chi connectivity index (χ1v) is 9.87. The summed E-state index contributed by atoms with van der Waals surface area (Å²) in [6.45, 7) is 1.61. The van der Waals surface area contributed by atoms with Crippen molar-refractivity contribution >= 4 is 31.3 Å². The van der Waals surface area contributed by atoms with Gasteiger partial charge in [-0.3, -0.25) is 0 Å². The van der Waals surface area contributed by atoms with Gasteiger partial charge in [0.15, 0.2) is 0 Å². The van der Waals surface area contributed by atoms with Crippen LogP contribution in [0, 0.1) is 11.3 Å². The van der Waals surface area contributed by atoms with Crippen molar-refractivity contribution in [3.8, 4) is 6.07 Å². The lowest BCUT2D eigenvalue weighted by atomic mass is 10.0. The maximum atomic E-state index is 12.8. The average molecular weight is 368 g/mol. The van der Waals surface area contributed by atoms with Crippen LogP contribution in [0.25, 0.3) is 0 Å². The van der Waals surface area contributed by atoms with E-state index in [4.69, 9.17) is 16.9 Å². The Bertz CT molecular complexity index is 1080. The summed E-state index contributed by atoms with van der Waals surface area (Å²) >= 11 is 5.81. The van der Waals surface area contributed by atoms with Gasteiger partial charge in [-0.05, 0) is 42.8 Å². The molecule has 0 radical (unpaired) electrons. The molecule has 2 aromatic rings. The van der Waals surface area contributed by atoms with Crippen molar-refractivity contribution in [3.63, 3.8) is 0 Å². The van der Waals surface area contributed by atoms with Crippen LogP contribution >= 0.6 is 11.6 Å². The molecule has 1 aliphatic rings. The third kappa shape index (κ3) is 2.26. The summed E-state index contributed by atoms with van der Waals surface area (Å²) in [7, 11) is -7.99. The highest BCUT2D eigenvalue weighted by Crippen LogP contribution is 2.42. The summed E-state index contributed by atoms with van der Waals surface area (Å²) in [6, 6.07) is 9.60. The molecular formula is C15H10ClNO4S2. The fourth-order valence-corrected chi connectivity index (χ4v) is 6.86. The van der Waals surface area contributed by atoms with Crippen molar-refractivity contribution in [2.45, 2.75) is 32.4 Å². The first-order chi connectivity index (χ1) is 10.7. The van der Waals surface area contributed by atoms with Gasteiger partial charge in [0.1, 0.15) is 0 Å². The zero-order chi connectivity index (χ0) is 17.0. The molecule has 0 spiro atoms. The van der Waals surface area contributed by atoms with Gasteiger partial charge in [-0.2, -0.15) is 5.26 Å². The van der Waals surface area contributed by atoms with Crippen molar-refractivity contribution in [1.82, 2.24) is 0 Å². The maximum absolute atomic E-state index is 12.8. The summed E-state index contributed by atoms with van der Waals surface area (Å²) in [4.78, 5) is -1.21. The fourth-order valence-electron chi connectivity index (χ4n) is 2.45. The Labute approximate surface area is 139 Å². The quantitative estimate of drug-likeness (QED) is 0.659. The Morgan fingerprint density at radius 2 is 1.43 bits per heavy atom. The standard InChI is InChI=1S/C15H10ClNO4S2/c1-9(8-17)10-2-4-12-14(6-10)22(18,19)13-5-3-11(16)7-15(13)23(12,20)21/h2-7,9H,1H3. The number of halogens is 1. The van der Waals surface area contributed by atoms with Gasteiger partial charge in [0, 0.05) is 5.02 Å². The Morgan fingerprint density at radius 3 is 2.00 bits per heavy atom. The Hall–Kier alpha value is -1.88. The van der Waals surface area contributed by atoms with E-state index in [-0.39, 0.29) is 24.6 Å². The maximum Gasteiger partial charge on any atom is 0.209 e. The van der Waals surface area contributed by atoms with Crippen molar-refractivity contribution < 1.29 is 16.8 Å². The summed E-state index contributed by atoms with van der Waals surface area (Å²) in [6.07, 6.45) is 0. The van der Waals surface area contributed by atoms with Crippen LogP contribution in [0.5, 0.6) is 0 Å². The van der Waals surface area contributed by atoms with E-state index < -0.39 is 25.6 Å². The molecule has 1 unspecified atom stereocenters. The van der Waals surface area contributed by atoms with E-state index in [1.807, 2.05) is 6.07 Å². The van der Waals surface area contributed by atoms with Gasteiger partial charge < -0.3 is 0 Å². The number of hydrogen-bond donors (Lipinski definition) is 0. The number of hydrogen-bond acceptors (Lipinski definition) is 5. The number of benzene rings is 2. The average Bonchev–Trinajstić information content (AvgIpc) is 2.52. The summed E-state index contributed by atoms with van der Waals surface area (Å²) in [5.41, 5.74) is 0.447. The van der Waals surface area contributed by atoms with Crippen LogP contribution in [0.2, 0.25) is 5.02 Å². The van der Waals surface area contributed by atoms with Crippen LogP contribution in [0.1, 0.15) is 18.4 Å². The second kappa shape index (κ2) is 5.06. The molecule has 0 aliphatic carbocycles. The van der Waals surface area contributed by atoms with Crippen LogP contribution in [-0.2, 0) is 19.7 Å². The molecule has 0 fully saturated rings. The van der Waals surface area contributed by atoms with Crippen LogP contribution in [-0.4, -0.2) is 16.8 Å². The van der Waals surface area contributed by atoms with E-state index in [0.29, 0.717) is 5.56 Å². The summed E-state index contributed by atoms with van der Waals surface area (Å²) in [5, 5.41) is 9.12. The smallest absolute Gasteiger partial charge is 0.209 e. The van der Waals surface area contributed by atoms with Gasteiger partial charge >= 0.3 is 0 Å². The third-order valence-corrected chi connectivity index (χ3v) is 7.92. The molecule has 23 heavy (non-hydrogen) atoms. The van der Waals surface area contributed by atoms with E-state index in [1.54, 1.807) is 6.92 Å². The molecule has 8 heteroatoms. The molecule has 0 saturated heterocycles. The van der Waals surface area contributed by atoms with Crippen molar-refractivity contribution in [3.05, 3.63) is 47.0 Å². The van der Waals surface area contributed by atoms with Gasteiger partial charge in [-0.1, -0.05) is 17.7 Å². The molecule has 1 aliphatic heterocycles. The third-order valence-electron chi connectivity index (χ3n) is 3.73. The van der Waals surface area contributed by atoms with Crippen LogP contribution in [0.4, 0.5) is 0 Å². The minimum Gasteiger partial charge on any atom is -0.218 e. The summed E-state index contributed by atoms with van der Waals surface area (Å²) in [5.74, 6) is -0.551. The van der Waals surface area contributed by atoms with Gasteiger partial charge in [0.2, 0.25) is 19.7 Å². The van der Waals surface area contributed by atoms with E-state index in [2.05, 4.69) is 0 Å². The van der Waals surface area contributed by atoms with Crippen LogP contribution < -0.4 is 0 Å². The minimum absolute atomic E-state index is 0.140. The van der Waals surface area contributed by atoms with Gasteiger partial charge in [-0.15, -0.1) is 0 Å². The molecule has 0 aromatic heterocycles. The van der Waals surface area contributed by atoms with E-state index in [1.165, 1.54) is 30.3 Å². The first-order valence-electron chi connectivity index (χ1n) is 6.53. The first kappa shape index (κ1) is 16.0. The molecule has 3 rings (SSSR count). The fraction of sp³-hybridized carbons (Fsp3) is 0.133. The Morgan fingerprint density at radius 1 is 0.913 bits per heavy atom. The molecule has 5 nitrogen and oxygen atoms in total. The monoisotopic (exact) mass is 367 g/mol. The molecule has 0 amide bonds. The highest BCUT2D eigenvalue weighted by Gasteiger charge is 2.39.